The molecule has 0 aliphatic carbocycles. The maximum absolute atomic E-state index is 12.6. The number of aliphatic hydroxyl groups excluding tert-OH is 2. The lowest BCUT2D eigenvalue weighted by Gasteiger charge is -2.22. The van der Waals surface area contributed by atoms with E-state index in [2.05, 4.69) is 19.2 Å². The summed E-state index contributed by atoms with van der Waals surface area (Å²) in [6.07, 6.45) is 104. The number of hydrogen-bond donors (Lipinski definition) is 3. The normalized spacial score (nSPS) is 12.3. The van der Waals surface area contributed by atoms with Crippen LogP contribution in [-0.4, -0.2) is 47.4 Å². The molecule has 92 heavy (non-hydrogen) atoms. The van der Waals surface area contributed by atoms with E-state index >= 15 is 0 Å². The van der Waals surface area contributed by atoms with Gasteiger partial charge in [-0.3, -0.25) is 9.59 Å². The highest BCUT2D eigenvalue weighted by Gasteiger charge is 2.20. The van der Waals surface area contributed by atoms with Crippen LogP contribution in [0.5, 0.6) is 0 Å². The number of carbonyl (C=O) groups is 2. The van der Waals surface area contributed by atoms with Crippen LogP contribution in [0.2, 0.25) is 0 Å². The summed E-state index contributed by atoms with van der Waals surface area (Å²) >= 11 is 0. The molecule has 0 aromatic rings. The highest BCUT2D eigenvalue weighted by molar-refractivity contribution is 5.76. The molecule has 0 aromatic carbocycles. The molecule has 6 heteroatoms. The molecule has 0 saturated heterocycles. The smallest absolute Gasteiger partial charge is 0.305 e. The van der Waals surface area contributed by atoms with Crippen LogP contribution in [0.1, 0.15) is 515 Å². The molecule has 3 N–H and O–H groups in total. The van der Waals surface area contributed by atoms with Crippen molar-refractivity contribution in [1.29, 1.82) is 0 Å². The lowest BCUT2D eigenvalue weighted by atomic mass is 10.0. The van der Waals surface area contributed by atoms with E-state index in [0.29, 0.717) is 25.9 Å². The van der Waals surface area contributed by atoms with E-state index in [0.717, 1.165) is 38.5 Å². The van der Waals surface area contributed by atoms with Gasteiger partial charge in [-0.05, 0) is 25.7 Å². The number of aliphatic hydroxyl groups is 2. The minimum absolute atomic E-state index is 0.0222. The molecular weight excluding hydrogens is 1130 g/mol. The number of rotatable bonds is 83. The van der Waals surface area contributed by atoms with Gasteiger partial charge in [0.25, 0.3) is 0 Å². The average Bonchev–Trinajstić information content (AvgIpc) is 3.63. The second-order valence-electron chi connectivity index (χ2n) is 30.2. The summed E-state index contributed by atoms with van der Waals surface area (Å²) in [6.45, 7) is 5.03. The number of nitrogens with one attached hydrogen (secondary N) is 1. The molecule has 0 aliphatic rings. The van der Waals surface area contributed by atoms with Crippen LogP contribution in [0.4, 0.5) is 0 Å². The Balaban J connectivity index is 3.29. The summed E-state index contributed by atoms with van der Waals surface area (Å²) in [5.41, 5.74) is 0. The molecule has 6 nitrogen and oxygen atoms in total. The molecule has 0 fully saturated rings. The van der Waals surface area contributed by atoms with Gasteiger partial charge in [0.05, 0.1) is 25.4 Å². The number of ether oxygens (including phenoxy) is 1. The summed E-state index contributed by atoms with van der Waals surface area (Å²) in [6, 6.07) is -0.537. The van der Waals surface area contributed by atoms with E-state index in [1.807, 2.05) is 0 Å². The van der Waals surface area contributed by atoms with Crippen LogP contribution in [0.25, 0.3) is 0 Å². The van der Waals surface area contributed by atoms with Gasteiger partial charge in [-0.25, -0.2) is 0 Å². The zero-order valence-electron chi connectivity index (χ0n) is 63.3. The number of hydrogen-bond acceptors (Lipinski definition) is 5. The molecule has 1 amide bonds. The van der Waals surface area contributed by atoms with E-state index in [1.54, 1.807) is 0 Å². The first kappa shape index (κ1) is 90.9. The van der Waals surface area contributed by atoms with Gasteiger partial charge in [0.1, 0.15) is 0 Å². The van der Waals surface area contributed by atoms with E-state index in [4.69, 9.17) is 4.74 Å². The zero-order chi connectivity index (χ0) is 66.3. The predicted molar refractivity (Wildman–Crippen MR) is 407 cm³/mol. The lowest BCUT2D eigenvalue weighted by molar-refractivity contribution is -0.143. The molecule has 0 aromatic heterocycles. The Morgan fingerprint density at radius 2 is 0.446 bits per heavy atom. The second kappa shape index (κ2) is 82.3. The largest absolute Gasteiger partial charge is 0.466 e. The third-order valence-corrected chi connectivity index (χ3v) is 20.9. The molecule has 0 bridgehead atoms. The van der Waals surface area contributed by atoms with E-state index in [-0.39, 0.29) is 18.5 Å². The fourth-order valence-electron chi connectivity index (χ4n) is 14.4. The van der Waals surface area contributed by atoms with Crippen LogP contribution < -0.4 is 5.32 Å². The van der Waals surface area contributed by atoms with Gasteiger partial charge in [0, 0.05) is 12.8 Å². The molecular formula is C86H171NO5. The number of esters is 1. The minimum Gasteiger partial charge on any atom is -0.466 e. The van der Waals surface area contributed by atoms with Crippen molar-refractivity contribution < 1.29 is 24.5 Å². The topological polar surface area (TPSA) is 95.9 Å². The van der Waals surface area contributed by atoms with Crippen molar-refractivity contribution in [2.24, 2.45) is 0 Å². The molecule has 0 radical (unpaired) electrons. The Morgan fingerprint density at radius 3 is 0.663 bits per heavy atom. The highest BCUT2D eigenvalue weighted by Crippen LogP contribution is 2.21. The fraction of sp³-hybridized carbons (Fsp3) is 0.977. The summed E-state index contributed by atoms with van der Waals surface area (Å²) < 4.78 is 5.51. The standard InChI is InChI=1S/C86H171NO5/c1-3-5-7-9-11-13-15-17-19-20-21-22-42-45-48-51-54-58-62-66-70-74-78-84(89)83(82-88)87-85(90)79-75-71-67-63-59-55-52-49-46-43-40-38-36-34-32-30-28-26-24-23-25-27-29-31-33-35-37-39-41-44-47-50-53-57-61-65-69-73-77-81-92-86(91)80-76-72-68-64-60-56-18-16-14-12-10-8-6-4-2/h83-84,88-89H,3-82H2,1-2H3,(H,87,90). The summed E-state index contributed by atoms with van der Waals surface area (Å²) in [7, 11) is 0. The van der Waals surface area contributed by atoms with Gasteiger partial charge >= 0.3 is 5.97 Å². The first-order chi connectivity index (χ1) is 45.5. The van der Waals surface area contributed by atoms with Gasteiger partial charge in [-0.1, -0.05) is 476 Å². The van der Waals surface area contributed by atoms with Gasteiger partial charge in [-0.2, -0.15) is 0 Å². The maximum atomic E-state index is 12.6. The Labute approximate surface area is 578 Å². The summed E-state index contributed by atoms with van der Waals surface area (Å²) in [5, 5.41) is 23.5. The van der Waals surface area contributed by atoms with Crippen molar-refractivity contribution in [2.75, 3.05) is 13.2 Å². The molecule has 2 atom stereocenters. The fourth-order valence-corrected chi connectivity index (χ4v) is 14.4. The van der Waals surface area contributed by atoms with Crippen molar-refractivity contribution in [3.8, 4) is 0 Å². The Kier molecular flexibility index (Phi) is 81.3. The molecule has 0 heterocycles. The first-order valence-electron chi connectivity index (χ1n) is 43.3. The first-order valence-corrected chi connectivity index (χ1v) is 43.3. The monoisotopic (exact) mass is 1300 g/mol. The number of unbranched alkanes of at least 4 members (excludes halogenated alkanes) is 72. The molecule has 2 unspecified atom stereocenters. The van der Waals surface area contributed by atoms with Crippen molar-refractivity contribution in [2.45, 2.75) is 527 Å². The van der Waals surface area contributed by atoms with Crippen LogP contribution in [-0.2, 0) is 14.3 Å². The Morgan fingerprint density at radius 1 is 0.261 bits per heavy atom. The lowest BCUT2D eigenvalue weighted by Crippen LogP contribution is -2.45. The summed E-state index contributed by atoms with van der Waals surface area (Å²) in [5.74, 6) is 0.00570. The van der Waals surface area contributed by atoms with Gasteiger partial charge in [0.15, 0.2) is 0 Å². The molecule has 0 aliphatic heterocycles. The van der Waals surface area contributed by atoms with E-state index < -0.39 is 12.1 Å². The number of amides is 1. The van der Waals surface area contributed by atoms with Crippen LogP contribution >= 0.6 is 0 Å². The molecule has 0 rings (SSSR count). The average molecular weight is 1300 g/mol. The highest BCUT2D eigenvalue weighted by atomic mass is 16.5. The van der Waals surface area contributed by atoms with Crippen molar-refractivity contribution in [3.05, 3.63) is 0 Å². The Hall–Kier alpha value is -1.14. The van der Waals surface area contributed by atoms with Crippen LogP contribution in [0.3, 0.4) is 0 Å². The maximum Gasteiger partial charge on any atom is 0.305 e. The summed E-state index contributed by atoms with van der Waals surface area (Å²) in [4.78, 5) is 24.7. The third kappa shape index (κ3) is 77.9. The van der Waals surface area contributed by atoms with Gasteiger partial charge in [-0.15, -0.1) is 0 Å². The minimum atomic E-state index is -0.660. The van der Waals surface area contributed by atoms with E-state index in [1.165, 1.54) is 443 Å². The predicted octanol–water partition coefficient (Wildman–Crippen LogP) is 28.8. The van der Waals surface area contributed by atoms with Gasteiger partial charge in [0.2, 0.25) is 5.91 Å². The van der Waals surface area contributed by atoms with Crippen LogP contribution in [0.15, 0.2) is 0 Å². The second-order valence-corrected chi connectivity index (χ2v) is 30.2. The number of carbonyl (C=O) groups excluding carboxylic acids is 2. The quantitative estimate of drug-likeness (QED) is 0.0417. The van der Waals surface area contributed by atoms with E-state index in [9.17, 15) is 19.8 Å². The van der Waals surface area contributed by atoms with Crippen molar-refractivity contribution in [3.63, 3.8) is 0 Å². The molecule has 550 valence electrons. The third-order valence-electron chi connectivity index (χ3n) is 20.9. The molecule has 0 spiro atoms. The zero-order valence-corrected chi connectivity index (χ0v) is 63.3. The van der Waals surface area contributed by atoms with Gasteiger partial charge < -0.3 is 20.3 Å². The SMILES string of the molecule is CCCCCCCCCCCCCCCCCCCCCCCCC(O)C(CO)NC(=O)CCCCCCCCCCCCCCCCCCCCCCCCCCCCCCCCCCCCCCCCCOC(=O)CCCCCCCCCCCCCCCC. The van der Waals surface area contributed by atoms with Crippen molar-refractivity contribution in [1.82, 2.24) is 5.32 Å². The van der Waals surface area contributed by atoms with Crippen molar-refractivity contribution >= 4 is 11.9 Å². The molecule has 0 saturated carbocycles. The Bertz CT molecular complexity index is 1360. The van der Waals surface area contributed by atoms with Crippen LogP contribution in [0, 0.1) is 0 Å².